The second kappa shape index (κ2) is 15.6. The Hall–Kier alpha value is -4.96. The number of aliphatic hydroxyl groups is 1. The highest BCUT2D eigenvalue weighted by Crippen LogP contribution is 2.42. The first-order valence-electron chi connectivity index (χ1n) is 18.6. The van der Waals surface area contributed by atoms with E-state index < -0.39 is 6.29 Å². The first kappa shape index (κ1) is 35.1. The molecular formula is C45H45N3O5. The number of fused-ring (bicyclic) bond motifs is 1. The molecule has 3 heterocycles. The van der Waals surface area contributed by atoms with Crippen molar-refractivity contribution in [2.75, 3.05) is 32.7 Å². The van der Waals surface area contributed by atoms with Crippen LogP contribution in [0.5, 0.6) is 0 Å². The largest absolute Gasteiger partial charge is 0.392 e. The Morgan fingerprint density at radius 1 is 0.604 bits per heavy atom. The summed E-state index contributed by atoms with van der Waals surface area (Å²) in [6.45, 7) is 8.17. The van der Waals surface area contributed by atoms with Gasteiger partial charge in [-0.25, -0.2) is 0 Å². The van der Waals surface area contributed by atoms with Gasteiger partial charge in [0, 0.05) is 50.7 Å². The summed E-state index contributed by atoms with van der Waals surface area (Å²) in [4.78, 5) is 32.5. The van der Waals surface area contributed by atoms with Crippen LogP contribution in [0, 0.1) is 5.92 Å². The molecule has 8 nitrogen and oxygen atoms in total. The first-order valence-corrected chi connectivity index (χ1v) is 18.6. The maximum atomic E-state index is 13.1. The normalized spacial score (nSPS) is 22.3. The van der Waals surface area contributed by atoms with E-state index >= 15 is 0 Å². The van der Waals surface area contributed by atoms with Crippen LogP contribution in [0.25, 0.3) is 11.1 Å². The number of rotatable bonds is 10. The predicted octanol–water partition coefficient (Wildman–Crippen LogP) is 7.25. The van der Waals surface area contributed by atoms with E-state index in [9.17, 15) is 14.7 Å². The smallest absolute Gasteiger partial charge is 0.261 e. The summed E-state index contributed by atoms with van der Waals surface area (Å²) in [5.74, 6) is -0.429. The lowest BCUT2D eigenvalue weighted by molar-refractivity contribution is -0.276. The van der Waals surface area contributed by atoms with Gasteiger partial charge in [0.05, 0.1) is 36.5 Å². The Balaban J connectivity index is 1.00. The summed E-state index contributed by atoms with van der Waals surface area (Å²) in [5.41, 5.74) is 7.96. The van der Waals surface area contributed by atoms with Gasteiger partial charge in [0.2, 0.25) is 0 Å². The molecule has 0 saturated carbocycles. The van der Waals surface area contributed by atoms with Gasteiger partial charge in [0.15, 0.2) is 6.29 Å². The summed E-state index contributed by atoms with van der Waals surface area (Å²) >= 11 is 0. The minimum atomic E-state index is -0.584. The number of hydrogen-bond acceptors (Lipinski definition) is 7. The molecule has 0 spiro atoms. The van der Waals surface area contributed by atoms with Crippen LogP contribution in [-0.4, -0.2) is 70.4 Å². The van der Waals surface area contributed by atoms with Crippen molar-refractivity contribution in [1.82, 2.24) is 14.7 Å². The first-order chi connectivity index (χ1) is 25.9. The second-order valence-corrected chi connectivity index (χ2v) is 14.5. The van der Waals surface area contributed by atoms with Crippen LogP contribution in [0.3, 0.4) is 0 Å². The van der Waals surface area contributed by atoms with Gasteiger partial charge in [-0.2, -0.15) is 0 Å². The second-order valence-electron chi connectivity index (χ2n) is 14.5. The number of imide groups is 1. The Kier molecular flexibility index (Phi) is 10.3. The minimum Gasteiger partial charge on any atom is -0.392 e. The number of amides is 2. The van der Waals surface area contributed by atoms with Gasteiger partial charge < -0.3 is 14.6 Å². The molecular weight excluding hydrogens is 663 g/mol. The molecule has 8 heteroatoms. The number of hydrogen-bond donors (Lipinski definition) is 1. The van der Waals surface area contributed by atoms with Gasteiger partial charge in [-0.05, 0) is 57.6 Å². The van der Waals surface area contributed by atoms with E-state index in [1.807, 2.05) is 42.5 Å². The zero-order chi connectivity index (χ0) is 36.3. The average molecular weight is 708 g/mol. The van der Waals surface area contributed by atoms with Gasteiger partial charge in [-0.15, -0.1) is 0 Å². The van der Waals surface area contributed by atoms with Crippen LogP contribution in [0.1, 0.15) is 67.9 Å². The van der Waals surface area contributed by atoms with E-state index in [0.29, 0.717) is 11.1 Å². The predicted molar refractivity (Wildman–Crippen MR) is 204 cm³/mol. The highest BCUT2D eigenvalue weighted by Gasteiger charge is 2.40. The zero-order valence-corrected chi connectivity index (χ0v) is 30.0. The minimum absolute atomic E-state index is 0.00173. The number of carbonyl (C=O) groups is 2. The van der Waals surface area contributed by atoms with Crippen molar-refractivity contribution >= 4 is 11.8 Å². The molecule has 5 aromatic rings. The quantitative estimate of drug-likeness (QED) is 0.153. The third-order valence-corrected chi connectivity index (χ3v) is 10.9. The summed E-state index contributed by atoms with van der Waals surface area (Å²) < 4.78 is 13.7. The number of carbonyl (C=O) groups excluding carboxylic acids is 2. The van der Waals surface area contributed by atoms with Crippen molar-refractivity contribution in [3.8, 4) is 11.1 Å². The van der Waals surface area contributed by atoms with Crippen molar-refractivity contribution in [3.63, 3.8) is 0 Å². The third-order valence-electron chi connectivity index (χ3n) is 10.9. The Morgan fingerprint density at radius 2 is 1.23 bits per heavy atom. The summed E-state index contributed by atoms with van der Waals surface area (Å²) in [6, 6.07) is 42.0. The maximum Gasteiger partial charge on any atom is 0.261 e. The summed E-state index contributed by atoms with van der Waals surface area (Å²) in [5, 5.41) is 9.68. The van der Waals surface area contributed by atoms with Crippen LogP contribution in [0.4, 0.5) is 0 Å². The lowest BCUT2D eigenvalue weighted by Crippen LogP contribution is -2.51. The van der Waals surface area contributed by atoms with E-state index in [2.05, 4.69) is 77.4 Å². The van der Waals surface area contributed by atoms with Gasteiger partial charge >= 0.3 is 0 Å². The third kappa shape index (κ3) is 7.60. The molecule has 0 bridgehead atoms. The lowest BCUT2D eigenvalue weighted by atomic mass is 9.89. The molecule has 8 rings (SSSR count). The van der Waals surface area contributed by atoms with E-state index in [1.54, 1.807) is 24.3 Å². The highest BCUT2D eigenvalue weighted by molar-refractivity contribution is 6.21. The number of piperazine rings is 1. The monoisotopic (exact) mass is 707 g/mol. The SMILES string of the molecule is C[C@@H]1[C@H](CN2CCN(Cc3ccccc3)CC2)O[C@H](c2cccc(-c3cccc(CN4C(=O)c5ccccc5C4=O)c3)c2)O[C@@H]1c1ccc(CO)cc1. The fraction of sp³-hybridized carbons (Fsp3) is 0.289. The van der Waals surface area contributed by atoms with E-state index in [-0.39, 0.29) is 43.1 Å². The maximum absolute atomic E-state index is 13.1. The molecule has 3 aliphatic heterocycles. The molecule has 0 unspecified atom stereocenters. The molecule has 1 N–H and O–H groups in total. The van der Waals surface area contributed by atoms with Crippen LogP contribution < -0.4 is 0 Å². The molecule has 4 atom stereocenters. The number of benzene rings is 5. The van der Waals surface area contributed by atoms with Gasteiger partial charge in [0.25, 0.3) is 11.8 Å². The van der Waals surface area contributed by atoms with Crippen LogP contribution >= 0.6 is 0 Å². The van der Waals surface area contributed by atoms with Crippen LogP contribution in [0.2, 0.25) is 0 Å². The fourth-order valence-electron chi connectivity index (χ4n) is 7.83. The van der Waals surface area contributed by atoms with E-state index in [4.69, 9.17) is 9.47 Å². The highest BCUT2D eigenvalue weighted by atomic mass is 16.7. The summed E-state index contributed by atoms with van der Waals surface area (Å²) in [7, 11) is 0. The van der Waals surface area contributed by atoms with Crippen molar-refractivity contribution in [3.05, 3.63) is 166 Å². The molecule has 2 amide bonds. The molecule has 53 heavy (non-hydrogen) atoms. The van der Waals surface area contributed by atoms with E-state index in [1.165, 1.54) is 10.5 Å². The number of aliphatic hydroxyl groups excluding tert-OH is 1. The van der Waals surface area contributed by atoms with Crippen molar-refractivity contribution < 1.29 is 24.2 Å². The van der Waals surface area contributed by atoms with Gasteiger partial charge in [-0.3, -0.25) is 24.3 Å². The summed E-state index contributed by atoms with van der Waals surface area (Å²) in [6.07, 6.45) is -0.847. The molecule has 0 radical (unpaired) electrons. The van der Waals surface area contributed by atoms with E-state index in [0.717, 1.165) is 72.6 Å². The topological polar surface area (TPSA) is 82.6 Å². The lowest BCUT2D eigenvalue weighted by Gasteiger charge is -2.44. The molecule has 3 aliphatic rings. The molecule has 0 aliphatic carbocycles. The van der Waals surface area contributed by atoms with Gasteiger partial charge in [-0.1, -0.05) is 110 Å². The van der Waals surface area contributed by atoms with Gasteiger partial charge in [0.1, 0.15) is 0 Å². The standard InChI is InChI=1S/C45H45N3O5/c1-31-41(29-47-23-21-46(22-24-47)27-32-9-3-2-4-10-32)52-45(53-42(31)35-19-17-33(30-49)18-20-35)38-14-8-13-37(26-38)36-12-7-11-34(25-36)28-48-43(50)39-15-5-6-16-40(39)44(48)51/h2-20,25-26,31,41-42,45,49H,21-24,27-30H2,1H3/t31-,41+,42+,45+/m1/s1. The van der Waals surface area contributed by atoms with Crippen molar-refractivity contribution in [2.24, 2.45) is 5.92 Å². The van der Waals surface area contributed by atoms with Crippen molar-refractivity contribution in [1.29, 1.82) is 0 Å². The molecule has 2 fully saturated rings. The molecule has 0 aromatic heterocycles. The molecule has 5 aromatic carbocycles. The molecule has 2 saturated heterocycles. The molecule has 270 valence electrons. The Bertz CT molecular complexity index is 2030. The van der Waals surface area contributed by atoms with Crippen LogP contribution in [-0.2, 0) is 29.2 Å². The van der Waals surface area contributed by atoms with Crippen molar-refractivity contribution in [2.45, 2.75) is 45.1 Å². The Labute approximate surface area is 311 Å². The Morgan fingerprint density at radius 3 is 1.92 bits per heavy atom. The number of nitrogens with zero attached hydrogens (tertiary/aromatic N) is 3. The average Bonchev–Trinajstić information content (AvgIpc) is 3.44. The fourth-order valence-corrected chi connectivity index (χ4v) is 7.83. The van der Waals surface area contributed by atoms with Crippen LogP contribution in [0.15, 0.2) is 127 Å². The number of ether oxygens (including phenoxy) is 2. The zero-order valence-electron chi connectivity index (χ0n) is 30.0.